The van der Waals surface area contributed by atoms with Crippen LogP contribution in [-0.4, -0.2) is 48.6 Å². The van der Waals surface area contributed by atoms with E-state index in [0.717, 1.165) is 58.2 Å². The van der Waals surface area contributed by atoms with E-state index in [2.05, 4.69) is 23.1 Å². The number of carboxylic acid groups (broad SMARTS) is 1. The van der Waals surface area contributed by atoms with E-state index in [-0.39, 0.29) is 19.3 Å². The number of hydrogen-bond acceptors (Lipinski definition) is 3. The molecule has 4 nitrogen and oxygen atoms in total. The standard InChI is InChI=1S/C28H31F2NO3/c1-34-25-12-3-7-21(8-5-17-31-18-15-28(29,30)16-19-31)27(25)24-11-4-9-22-20(13-14-26(32)33)6-2-10-23(22)24/h2-4,6-7,9-12H,5,8,13-19H2,1H3,(H,32,33). The second-order valence-corrected chi connectivity index (χ2v) is 9.01. The Kier molecular flexibility index (Phi) is 7.47. The zero-order chi connectivity index (χ0) is 24.1. The summed E-state index contributed by atoms with van der Waals surface area (Å²) >= 11 is 0. The van der Waals surface area contributed by atoms with Crippen molar-refractivity contribution in [3.05, 3.63) is 65.7 Å². The molecule has 0 spiro atoms. The van der Waals surface area contributed by atoms with Gasteiger partial charge in [-0.3, -0.25) is 4.79 Å². The second-order valence-electron chi connectivity index (χ2n) is 9.01. The fraction of sp³-hybridized carbons (Fsp3) is 0.393. The Balaban J connectivity index is 1.61. The van der Waals surface area contributed by atoms with Crippen molar-refractivity contribution in [2.24, 2.45) is 0 Å². The number of carbonyl (C=O) groups is 1. The quantitative estimate of drug-likeness (QED) is 0.407. The molecule has 34 heavy (non-hydrogen) atoms. The van der Waals surface area contributed by atoms with Gasteiger partial charge in [0, 0.05) is 37.9 Å². The minimum absolute atomic E-state index is 0.0579. The van der Waals surface area contributed by atoms with Gasteiger partial charge in [-0.15, -0.1) is 0 Å². The summed E-state index contributed by atoms with van der Waals surface area (Å²) in [5.74, 6) is -2.54. The van der Waals surface area contributed by atoms with Gasteiger partial charge in [-0.2, -0.15) is 0 Å². The largest absolute Gasteiger partial charge is 0.496 e. The van der Waals surface area contributed by atoms with Crippen LogP contribution in [0.5, 0.6) is 5.75 Å². The molecule has 0 aromatic heterocycles. The van der Waals surface area contributed by atoms with Crippen molar-refractivity contribution < 1.29 is 23.4 Å². The van der Waals surface area contributed by atoms with Gasteiger partial charge in [0.05, 0.1) is 7.11 Å². The van der Waals surface area contributed by atoms with Gasteiger partial charge in [-0.05, 0) is 59.3 Å². The highest BCUT2D eigenvalue weighted by Gasteiger charge is 2.33. The molecular weight excluding hydrogens is 436 g/mol. The summed E-state index contributed by atoms with van der Waals surface area (Å²) < 4.78 is 32.7. The second kappa shape index (κ2) is 10.5. The molecule has 1 N–H and O–H groups in total. The third-order valence-corrected chi connectivity index (χ3v) is 6.73. The average molecular weight is 468 g/mol. The third-order valence-electron chi connectivity index (χ3n) is 6.73. The Morgan fingerprint density at radius 1 is 0.971 bits per heavy atom. The average Bonchev–Trinajstić information content (AvgIpc) is 2.83. The summed E-state index contributed by atoms with van der Waals surface area (Å²) in [6.07, 6.45) is 2.14. The van der Waals surface area contributed by atoms with Crippen LogP contribution in [0.1, 0.15) is 36.8 Å². The number of nitrogens with zero attached hydrogens (tertiary/aromatic N) is 1. The molecule has 3 aromatic rings. The number of aryl methyl sites for hydroxylation is 2. The van der Waals surface area contributed by atoms with E-state index in [9.17, 15) is 13.6 Å². The molecule has 0 radical (unpaired) electrons. The number of rotatable bonds is 9. The molecule has 1 heterocycles. The number of piperidine rings is 1. The van der Waals surface area contributed by atoms with Crippen LogP contribution in [0.2, 0.25) is 0 Å². The molecule has 1 fully saturated rings. The fourth-order valence-electron chi connectivity index (χ4n) is 4.91. The zero-order valence-corrected chi connectivity index (χ0v) is 19.5. The first kappa shape index (κ1) is 24.1. The Labute approximate surface area is 199 Å². The van der Waals surface area contributed by atoms with Crippen LogP contribution in [0.3, 0.4) is 0 Å². The first-order chi connectivity index (χ1) is 16.4. The van der Waals surface area contributed by atoms with Crippen molar-refractivity contribution in [2.75, 3.05) is 26.7 Å². The molecule has 0 unspecified atom stereocenters. The van der Waals surface area contributed by atoms with Gasteiger partial charge < -0.3 is 14.7 Å². The number of likely N-dealkylation sites (tertiary alicyclic amines) is 1. The van der Waals surface area contributed by atoms with E-state index in [1.54, 1.807) is 7.11 Å². The molecule has 6 heteroatoms. The lowest BCUT2D eigenvalue weighted by molar-refractivity contribution is -0.136. The van der Waals surface area contributed by atoms with Crippen molar-refractivity contribution in [1.29, 1.82) is 0 Å². The molecule has 1 saturated heterocycles. The minimum Gasteiger partial charge on any atom is -0.496 e. The maximum Gasteiger partial charge on any atom is 0.303 e. The van der Waals surface area contributed by atoms with Crippen molar-refractivity contribution in [2.45, 2.75) is 44.4 Å². The lowest BCUT2D eigenvalue weighted by atomic mass is 9.90. The van der Waals surface area contributed by atoms with Crippen LogP contribution in [0.4, 0.5) is 8.78 Å². The van der Waals surface area contributed by atoms with Gasteiger partial charge >= 0.3 is 5.97 Å². The normalized spacial score (nSPS) is 16.0. The molecule has 0 saturated carbocycles. The Hall–Kier alpha value is -2.99. The van der Waals surface area contributed by atoms with Crippen LogP contribution in [0, 0.1) is 0 Å². The molecule has 180 valence electrons. The molecule has 0 bridgehead atoms. The van der Waals surface area contributed by atoms with E-state index in [0.29, 0.717) is 19.5 Å². The van der Waals surface area contributed by atoms with E-state index in [4.69, 9.17) is 9.84 Å². The highest BCUT2D eigenvalue weighted by Crippen LogP contribution is 2.39. The summed E-state index contributed by atoms with van der Waals surface area (Å²) in [6.45, 7) is 1.68. The van der Waals surface area contributed by atoms with Crippen LogP contribution in [-0.2, 0) is 17.6 Å². The van der Waals surface area contributed by atoms with Gasteiger partial charge in [0.2, 0.25) is 0 Å². The van der Waals surface area contributed by atoms with Crippen molar-refractivity contribution in [1.82, 2.24) is 4.90 Å². The van der Waals surface area contributed by atoms with Crippen LogP contribution >= 0.6 is 0 Å². The van der Waals surface area contributed by atoms with Crippen molar-refractivity contribution in [3.8, 4) is 16.9 Å². The van der Waals surface area contributed by atoms with Crippen LogP contribution in [0.25, 0.3) is 21.9 Å². The van der Waals surface area contributed by atoms with Crippen molar-refractivity contribution in [3.63, 3.8) is 0 Å². The predicted molar refractivity (Wildman–Crippen MR) is 131 cm³/mol. The molecule has 0 amide bonds. The fourth-order valence-corrected chi connectivity index (χ4v) is 4.91. The maximum absolute atomic E-state index is 13.5. The molecule has 0 aliphatic carbocycles. The van der Waals surface area contributed by atoms with Crippen LogP contribution in [0.15, 0.2) is 54.6 Å². The molecule has 4 rings (SSSR count). The topological polar surface area (TPSA) is 49.8 Å². The van der Waals surface area contributed by atoms with Crippen molar-refractivity contribution >= 4 is 16.7 Å². The Bertz CT molecular complexity index is 1150. The Morgan fingerprint density at radius 3 is 2.38 bits per heavy atom. The number of carboxylic acids is 1. The van der Waals surface area contributed by atoms with E-state index < -0.39 is 11.9 Å². The van der Waals surface area contributed by atoms with Gasteiger partial charge in [-0.25, -0.2) is 8.78 Å². The summed E-state index contributed by atoms with van der Waals surface area (Å²) in [5.41, 5.74) is 4.26. The highest BCUT2D eigenvalue weighted by atomic mass is 19.3. The molecule has 1 aliphatic rings. The summed E-state index contributed by atoms with van der Waals surface area (Å²) in [4.78, 5) is 13.2. The van der Waals surface area contributed by atoms with Gasteiger partial charge in [-0.1, -0.05) is 48.5 Å². The SMILES string of the molecule is COc1cccc(CCCN2CCC(F)(F)CC2)c1-c1cccc2c(CCC(=O)O)cccc12. The molecular formula is C28H31F2NO3. The Morgan fingerprint density at radius 2 is 1.65 bits per heavy atom. The first-order valence-electron chi connectivity index (χ1n) is 11.9. The lowest BCUT2D eigenvalue weighted by Crippen LogP contribution is -2.39. The summed E-state index contributed by atoms with van der Waals surface area (Å²) in [7, 11) is 1.67. The number of ether oxygens (including phenoxy) is 1. The maximum atomic E-state index is 13.5. The van der Waals surface area contributed by atoms with Gasteiger partial charge in [0.1, 0.15) is 5.75 Å². The number of aliphatic carboxylic acids is 1. The first-order valence-corrected chi connectivity index (χ1v) is 11.9. The van der Waals surface area contributed by atoms with Gasteiger partial charge in [0.25, 0.3) is 5.92 Å². The summed E-state index contributed by atoms with van der Waals surface area (Å²) in [5, 5.41) is 11.2. The van der Waals surface area contributed by atoms with Crippen LogP contribution < -0.4 is 4.74 Å². The predicted octanol–water partition coefficient (Wildman–Crippen LogP) is 6.20. The van der Waals surface area contributed by atoms with E-state index >= 15 is 0 Å². The van der Waals surface area contributed by atoms with E-state index in [1.807, 2.05) is 36.4 Å². The minimum atomic E-state index is -2.52. The number of fused-ring (bicyclic) bond motifs is 1. The zero-order valence-electron chi connectivity index (χ0n) is 19.5. The monoisotopic (exact) mass is 467 g/mol. The number of halogens is 2. The smallest absolute Gasteiger partial charge is 0.303 e. The van der Waals surface area contributed by atoms with Gasteiger partial charge in [0.15, 0.2) is 0 Å². The number of benzene rings is 3. The third kappa shape index (κ3) is 5.55. The highest BCUT2D eigenvalue weighted by molar-refractivity contribution is 6.00. The number of methoxy groups -OCH3 is 1. The lowest BCUT2D eigenvalue weighted by Gasteiger charge is -2.31. The number of hydrogen-bond donors (Lipinski definition) is 1. The summed E-state index contributed by atoms with van der Waals surface area (Å²) in [6, 6.07) is 18.2. The molecule has 0 atom stereocenters. The number of alkyl halides is 2. The molecule has 1 aliphatic heterocycles. The van der Waals surface area contributed by atoms with E-state index in [1.165, 1.54) is 0 Å². The molecule has 3 aromatic carbocycles.